The largest absolute Gasteiger partial charge is 0.333 e. The van der Waals surface area contributed by atoms with Crippen molar-refractivity contribution in [2.75, 3.05) is 6.00 Å². The van der Waals surface area contributed by atoms with E-state index in [1.807, 2.05) is 24.3 Å². The first-order chi connectivity index (χ1) is 11.6. The molecule has 0 unspecified atom stereocenters. The summed E-state index contributed by atoms with van der Waals surface area (Å²) in [7, 11) is 0. The predicted molar refractivity (Wildman–Crippen MR) is 90.6 cm³/mol. The molecule has 0 radical (unpaired) electrons. The summed E-state index contributed by atoms with van der Waals surface area (Å²) < 4.78 is 28.3. The van der Waals surface area contributed by atoms with E-state index in [0.717, 1.165) is 11.1 Å². The molecule has 126 valence electrons. The van der Waals surface area contributed by atoms with Crippen LogP contribution in [0.15, 0.2) is 53.3 Å². The second-order valence-electron chi connectivity index (χ2n) is 5.38. The van der Waals surface area contributed by atoms with Crippen LogP contribution in [-0.4, -0.2) is 15.1 Å². The van der Waals surface area contributed by atoms with Crippen LogP contribution in [0.4, 0.5) is 8.78 Å². The fourth-order valence-electron chi connectivity index (χ4n) is 2.71. The summed E-state index contributed by atoms with van der Waals surface area (Å²) in [5.41, 5.74) is 1.95. The zero-order valence-electron chi connectivity index (χ0n) is 12.8. The molecular formula is C17H16ClF2N3O. The lowest BCUT2D eigenvalue weighted by Gasteiger charge is -2.06. The summed E-state index contributed by atoms with van der Waals surface area (Å²) >= 11 is 5.58. The van der Waals surface area contributed by atoms with Gasteiger partial charge in [0.15, 0.2) is 0 Å². The van der Waals surface area contributed by atoms with Gasteiger partial charge in [-0.15, -0.1) is 11.6 Å². The Morgan fingerprint density at radius 1 is 1.00 bits per heavy atom. The smallest absolute Gasteiger partial charge is 0.300 e. The van der Waals surface area contributed by atoms with E-state index in [1.54, 1.807) is 18.2 Å². The molecule has 0 saturated carbocycles. The van der Waals surface area contributed by atoms with E-state index in [0.29, 0.717) is 22.6 Å². The number of halogens is 3. The van der Waals surface area contributed by atoms with Crippen LogP contribution in [0.5, 0.6) is 0 Å². The number of nitrogens with one attached hydrogen (secondary N) is 1. The Bertz CT molecular complexity index is 887. The van der Waals surface area contributed by atoms with Gasteiger partial charge in [-0.3, -0.25) is 9.88 Å². The van der Waals surface area contributed by atoms with E-state index in [4.69, 9.17) is 11.6 Å². The van der Waals surface area contributed by atoms with E-state index < -0.39 is 12.2 Å². The van der Waals surface area contributed by atoms with Crippen molar-refractivity contribution in [1.82, 2.24) is 14.5 Å². The standard InChI is InChI=1S/C17H16ClF2N3O/c18-11-21-9-12-5-7-13(8-6-12)10-22-14-3-1-2-4-15(14)23(16(19)20)17(22)24/h1-8,16,21H,9-11H2. The summed E-state index contributed by atoms with van der Waals surface area (Å²) in [6, 6.07) is 14.6. The van der Waals surface area contributed by atoms with E-state index in [-0.39, 0.29) is 12.1 Å². The highest BCUT2D eigenvalue weighted by molar-refractivity contribution is 6.17. The molecule has 3 aromatic rings. The summed E-state index contributed by atoms with van der Waals surface area (Å²) in [4.78, 5) is 12.4. The van der Waals surface area contributed by atoms with Crippen LogP contribution in [0.1, 0.15) is 17.7 Å². The second kappa shape index (κ2) is 7.15. The second-order valence-corrected chi connectivity index (χ2v) is 5.65. The molecule has 1 N–H and O–H groups in total. The van der Waals surface area contributed by atoms with Crippen LogP contribution in [0.2, 0.25) is 0 Å². The molecule has 3 rings (SSSR count). The normalized spacial score (nSPS) is 11.5. The Balaban J connectivity index is 1.96. The molecular weight excluding hydrogens is 336 g/mol. The lowest BCUT2D eigenvalue weighted by molar-refractivity contribution is 0.0704. The van der Waals surface area contributed by atoms with Gasteiger partial charge in [0.25, 0.3) is 0 Å². The highest BCUT2D eigenvalue weighted by Gasteiger charge is 2.18. The third-order valence-corrected chi connectivity index (χ3v) is 4.04. The van der Waals surface area contributed by atoms with Crippen molar-refractivity contribution in [1.29, 1.82) is 0 Å². The Labute approximate surface area is 142 Å². The molecule has 0 atom stereocenters. The lowest BCUT2D eigenvalue weighted by atomic mass is 10.1. The SMILES string of the molecule is O=c1n(Cc2ccc(CNCCl)cc2)c2ccccc2n1C(F)F. The third kappa shape index (κ3) is 3.20. The summed E-state index contributed by atoms with van der Waals surface area (Å²) in [5, 5.41) is 3.01. The predicted octanol–water partition coefficient (Wildman–Crippen LogP) is 3.53. The maximum atomic E-state index is 13.2. The van der Waals surface area contributed by atoms with Crippen molar-refractivity contribution in [2.24, 2.45) is 0 Å². The van der Waals surface area contributed by atoms with Gasteiger partial charge in [0.2, 0.25) is 0 Å². The van der Waals surface area contributed by atoms with E-state index >= 15 is 0 Å². The number of para-hydroxylation sites is 2. The zero-order valence-corrected chi connectivity index (χ0v) is 13.5. The Hall–Kier alpha value is -2.18. The summed E-state index contributed by atoms with van der Waals surface area (Å²) in [5.74, 6) is 0. The number of hydrogen-bond donors (Lipinski definition) is 1. The summed E-state index contributed by atoms with van der Waals surface area (Å²) in [6.45, 7) is -1.98. The van der Waals surface area contributed by atoms with Crippen molar-refractivity contribution < 1.29 is 8.78 Å². The minimum atomic E-state index is -2.87. The van der Waals surface area contributed by atoms with Crippen molar-refractivity contribution in [3.05, 3.63) is 70.1 Å². The minimum Gasteiger partial charge on any atom is -0.300 e. The summed E-state index contributed by atoms with van der Waals surface area (Å²) in [6.07, 6.45) is 0. The quantitative estimate of drug-likeness (QED) is 0.545. The molecule has 0 bridgehead atoms. The van der Waals surface area contributed by atoms with Crippen LogP contribution in [0.3, 0.4) is 0 Å². The molecule has 0 saturated heterocycles. The molecule has 0 amide bonds. The van der Waals surface area contributed by atoms with Crippen molar-refractivity contribution in [3.63, 3.8) is 0 Å². The highest BCUT2D eigenvalue weighted by Crippen LogP contribution is 2.19. The topological polar surface area (TPSA) is 39.0 Å². The number of rotatable bonds is 6. The number of hydrogen-bond acceptors (Lipinski definition) is 2. The Kier molecular flexibility index (Phi) is 4.97. The number of fused-ring (bicyclic) bond motifs is 1. The average Bonchev–Trinajstić information content (AvgIpc) is 2.86. The average molecular weight is 352 g/mol. The fourth-order valence-corrected chi connectivity index (χ4v) is 2.80. The van der Waals surface area contributed by atoms with Gasteiger partial charge in [0.05, 0.1) is 23.6 Å². The molecule has 7 heteroatoms. The monoisotopic (exact) mass is 351 g/mol. The van der Waals surface area contributed by atoms with Crippen molar-refractivity contribution in [2.45, 2.75) is 19.6 Å². The van der Waals surface area contributed by atoms with Gasteiger partial charge in [-0.05, 0) is 23.3 Å². The first kappa shape index (κ1) is 16.7. The number of aromatic nitrogens is 2. The van der Waals surface area contributed by atoms with E-state index in [2.05, 4.69) is 5.32 Å². The first-order valence-corrected chi connectivity index (χ1v) is 7.97. The molecule has 24 heavy (non-hydrogen) atoms. The molecule has 0 spiro atoms. The highest BCUT2D eigenvalue weighted by atomic mass is 35.5. The molecule has 4 nitrogen and oxygen atoms in total. The minimum absolute atomic E-state index is 0.237. The maximum absolute atomic E-state index is 13.2. The molecule has 0 fully saturated rings. The molecule has 2 aromatic carbocycles. The molecule has 1 aromatic heterocycles. The number of imidazole rings is 1. The van der Waals surface area contributed by atoms with Gasteiger partial charge in [0.1, 0.15) is 0 Å². The maximum Gasteiger partial charge on any atom is 0.333 e. The fraction of sp³-hybridized carbons (Fsp3) is 0.235. The van der Waals surface area contributed by atoms with Gasteiger partial charge < -0.3 is 0 Å². The third-order valence-electron chi connectivity index (χ3n) is 3.85. The van der Waals surface area contributed by atoms with Gasteiger partial charge in [-0.1, -0.05) is 36.4 Å². The van der Waals surface area contributed by atoms with E-state index in [1.165, 1.54) is 10.6 Å². The first-order valence-electron chi connectivity index (χ1n) is 7.44. The molecule has 0 aliphatic heterocycles. The number of benzene rings is 2. The van der Waals surface area contributed by atoms with Crippen molar-refractivity contribution >= 4 is 22.6 Å². The van der Waals surface area contributed by atoms with Crippen LogP contribution in [-0.2, 0) is 13.1 Å². The van der Waals surface area contributed by atoms with Crippen LogP contribution in [0.25, 0.3) is 11.0 Å². The van der Waals surface area contributed by atoms with E-state index in [9.17, 15) is 13.6 Å². The number of nitrogens with zero attached hydrogens (tertiary/aromatic N) is 2. The molecule has 1 heterocycles. The lowest BCUT2D eigenvalue weighted by Crippen LogP contribution is -2.25. The van der Waals surface area contributed by atoms with Gasteiger partial charge in [-0.25, -0.2) is 9.36 Å². The molecule has 0 aliphatic rings. The van der Waals surface area contributed by atoms with Crippen LogP contribution < -0.4 is 11.0 Å². The Morgan fingerprint density at radius 2 is 1.62 bits per heavy atom. The Morgan fingerprint density at radius 3 is 2.25 bits per heavy atom. The van der Waals surface area contributed by atoms with Crippen LogP contribution >= 0.6 is 11.6 Å². The van der Waals surface area contributed by atoms with Gasteiger partial charge in [0, 0.05) is 6.54 Å². The van der Waals surface area contributed by atoms with Crippen LogP contribution in [0, 0.1) is 0 Å². The zero-order chi connectivity index (χ0) is 17.1. The molecule has 0 aliphatic carbocycles. The number of alkyl halides is 3. The van der Waals surface area contributed by atoms with Crippen molar-refractivity contribution in [3.8, 4) is 0 Å². The van der Waals surface area contributed by atoms with Gasteiger partial charge in [-0.2, -0.15) is 8.78 Å². The van der Waals surface area contributed by atoms with Gasteiger partial charge >= 0.3 is 12.2 Å².